The lowest BCUT2D eigenvalue weighted by atomic mass is 9.79. The number of ether oxygens (including phenoxy) is 1. The first-order valence-electron chi connectivity index (χ1n) is 8.21. The van der Waals surface area contributed by atoms with E-state index in [1.807, 2.05) is 0 Å². The minimum absolute atomic E-state index is 0.322. The second-order valence-corrected chi connectivity index (χ2v) is 5.76. The topological polar surface area (TPSA) is 63.6 Å². The molecule has 1 aliphatic carbocycles. The van der Waals surface area contributed by atoms with E-state index in [1.165, 1.54) is 12.8 Å². The third-order valence-corrected chi connectivity index (χ3v) is 4.04. The summed E-state index contributed by atoms with van der Waals surface area (Å²) in [6.07, 6.45) is 12.6. The van der Waals surface area contributed by atoms with Gasteiger partial charge in [-0.15, -0.1) is 0 Å². The van der Waals surface area contributed by atoms with Crippen LogP contribution in [0.2, 0.25) is 0 Å². The average Bonchev–Trinajstić information content (AvgIpc) is 2.49. The number of aliphatic carboxylic acids is 1. The number of rotatable bonds is 9. The molecule has 120 valence electrons. The predicted octanol–water partition coefficient (Wildman–Crippen LogP) is 3.95. The van der Waals surface area contributed by atoms with E-state index in [0.29, 0.717) is 19.4 Å². The fraction of sp³-hybridized carbons (Fsp3) is 0.765. The summed E-state index contributed by atoms with van der Waals surface area (Å²) in [5.41, 5.74) is 0. The Balaban J connectivity index is 2.20. The summed E-state index contributed by atoms with van der Waals surface area (Å²) in [4.78, 5) is 23.1. The molecule has 0 aromatic rings. The maximum atomic E-state index is 12.0. The van der Waals surface area contributed by atoms with Gasteiger partial charge in [0.25, 0.3) is 0 Å². The van der Waals surface area contributed by atoms with Gasteiger partial charge in [-0.2, -0.15) is 0 Å². The first-order chi connectivity index (χ1) is 10.2. The summed E-state index contributed by atoms with van der Waals surface area (Å²) in [6.45, 7) is 2.56. The molecular formula is C17H28O4. The van der Waals surface area contributed by atoms with Crippen LogP contribution in [0.15, 0.2) is 12.2 Å². The molecule has 0 aromatic heterocycles. The molecule has 1 rings (SSSR count). The Morgan fingerprint density at radius 3 is 2.33 bits per heavy atom. The first kappa shape index (κ1) is 17.7. The molecule has 4 heteroatoms. The normalized spacial score (nSPS) is 22.3. The van der Waals surface area contributed by atoms with Crippen LogP contribution >= 0.6 is 0 Å². The minimum Gasteiger partial charge on any atom is -0.481 e. The van der Waals surface area contributed by atoms with Crippen LogP contribution in [0.3, 0.4) is 0 Å². The Morgan fingerprint density at radius 1 is 1.10 bits per heavy atom. The smallest absolute Gasteiger partial charge is 0.309 e. The van der Waals surface area contributed by atoms with Gasteiger partial charge in [-0.05, 0) is 32.1 Å². The quantitative estimate of drug-likeness (QED) is 0.397. The zero-order valence-electron chi connectivity index (χ0n) is 13.1. The molecule has 0 aliphatic heterocycles. The Bertz CT molecular complexity index is 349. The molecule has 1 fully saturated rings. The summed E-state index contributed by atoms with van der Waals surface area (Å²) in [5.74, 6) is -2.19. The van der Waals surface area contributed by atoms with Crippen LogP contribution in [0.5, 0.6) is 0 Å². The van der Waals surface area contributed by atoms with Gasteiger partial charge in [-0.3, -0.25) is 9.59 Å². The number of carboxylic acids is 1. The fourth-order valence-corrected chi connectivity index (χ4v) is 2.75. The summed E-state index contributed by atoms with van der Waals surface area (Å²) < 4.78 is 5.25. The monoisotopic (exact) mass is 296 g/mol. The molecule has 4 nitrogen and oxygen atoms in total. The standard InChI is InChI=1S/C17H28O4/c1-2-3-4-5-6-7-10-13-21-17(20)15-12-9-8-11-14(15)16(18)19/h5-6,14-15H,2-4,7-13H2,1H3,(H,18,19)/b6-5+. The molecule has 2 unspecified atom stereocenters. The molecule has 0 aromatic carbocycles. The summed E-state index contributed by atoms with van der Waals surface area (Å²) >= 11 is 0. The molecule has 0 bridgehead atoms. The molecule has 1 saturated carbocycles. The highest BCUT2D eigenvalue weighted by atomic mass is 16.5. The fourth-order valence-electron chi connectivity index (χ4n) is 2.75. The summed E-state index contributed by atoms with van der Waals surface area (Å²) in [6, 6.07) is 0. The van der Waals surface area contributed by atoms with Crippen LogP contribution in [0, 0.1) is 11.8 Å². The van der Waals surface area contributed by atoms with Crippen molar-refractivity contribution >= 4 is 11.9 Å². The second kappa shape index (κ2) is 10.4. The van der Waals surface area contributed by atoms with E-state index >= 15 is 0 Å². The third-order valence-electron chi connectivity index (χ3n) is 4.04. The molecule has 0 saturated heterocycles. The van der Waals surface area contributed by atoms with E-state index in [4.69, 9.17) is 9.84 Å². The van der Waals surface area contributed by atoms with Crippen molar-refractivity contribution in [2.24, 2.45) is 11.8 Å². The lowest BCUT2D eigenvalue weighted by Crippen LogP contribution is -2.33. The van der Waals surface area contributed by atoms with Gasteiger partial charge in [0.2, 0.25) is 0 Å². The highest BCUT2D eigenvalue weighted by molar-refractivity contribution is 5.81. The number of hydrogen-bond donors (Lipinski definition) is 1. The van der Waals surface area contributed by atoms with Crippen molar-refractivity contribution in [3.05, 3.63) is 12.2 Å². The summed E-state index contributed by atoms with van der Waals surface area (Å²) in [7, 11) is 0. The van der Waals surface area contributed by atoms with Crippen LogP contribution in [-0.4, -0.2) is 23.7 Å². The van der Waals surface area contributed by atoms with Crippen molar-refractivity contribution in [2.75, 3.05) is 6.61 Å². The molecule has 0 amide bonds. The third kappa shape index (κ3) is 6.78. The maximum Gasteiger partial charge on any atom is 0.309 e. The molecule has 2 atom stereocenters. The Morgan fingerprint density at radius 2 is 1.71 bits per heavy atom. The van der Waals surface area contributed by atoms with E-state index in [2.05, 4.69) is 19.1 Å². The highest BCUT2D eigenvalue weighted by Crippen LogP contribution is 2.31. The molecule has 0 radical (unpaired) electrons. The lowest BCUT2D eigenvalue weighted by molar-refractivity contribution is -0.159. The zero-order valence-corrected chi connectivity index (χ0v) is 13.1. The highest BCUT2D eigenvalue weighted by Gasteiger charge is 2.36. The van der Waals surface area contributed by atoms with Gasteiger partial charge in [0.1, 0.15) is 0 Å². The molecule has 0 spiro atoms. The van der Waals surface area contributed by atoms with Gasteiger partial charge in [0.15, 0.2) is 0 Å². The number of allylic oxidation sites excluding steroid dienone is 2. The lowest BCUT2D eigenvalue weighted by Gasteiger charge is -2.26. The van der Waals surface area contributed by atoms with Crippen molar-refractivity contribution in [2.45, 2.75) is 64.7 Å². The van der Waals surface area contributed by atoms with Crippen LogP contribution in [-0.2, 0) is 14.3 Å². The van der Waals surface area contributed by atoms with Crippen LogP contribution in [0.25, 0.3) is 0 Å². The zero-order chi connectivity index (χ0) is 15.5. The van der Waals surface area contributed by atoms with Gasteiger partial charge in [-0.1, -0.05) is 44.8 Å². The van der Waals surface area contributed by atoms with Crippen molar-refractivity contribution in [1.29, 1.82) is 0 Å². The van der Waals surface area contributed by atoms with E-state index in [-0.39, 0.29) is 5.97 Å². The van der Waals surface area contributed by atoms with Gasteiger partial charge >= 0.3 is 11.9 Å². The van der Waals surface area contributed by atoms with Crippen molar-refractivity contribution in [3.63, 3.8) is 0 Å². The first-order valence-corrected chi connectivity index (χ1v) is 8.21. The Labute approximate surface area is 127 Å². The Kier molecular flexibility index (Phi) is 8.79. The molecule has 1 N–H and O–H groups in total. The van der Waals surface area contributed by atoms with Crippen molar-refractivity contribution in [3.8, 4) is 0 Å². The Hall–Kier alpha value is -1.32. The maximum absolute atomic E-state index is 12.0. The second-order valence-electron chi connectivity index (χ2n) is 5.76. The van der Waals surface area contributed by atoms with E-state index in [1.54, 1.807) is 0 Å². The SMILES string of the molecule is CCCC/C=C/CCCOC(=O)C1CCCCC1C(=O)O. The number of hydrogen-bond acceptors (Lipinski definition) is 3. The van der Waals surface area contributed by atoms with Gasteiger partial charge in [-0.25, -0.2) is 0 Å². The predicted molar refractivity (Wildman–Crippen MR) is 81.9 cm³/mol. The molecular weight excluding hydrogens is 268 g/mol. The number of unbranched alkanes of at least 4 members (excludes halogenated alkanes) is 3. The van der Waals surface area contributed by atoms with Crippen molar-refractivity contribution in [1.82, 2.24) is 0 Å². The molecule has 1 aliphatic rings. The van der Waals surface area contributed by atoms with Crippen LogP contribution < -0.4 is 0 Å². The number of carboxylic acid groups (broad SMARTS) is 1. The van der Waals surface area contributed by atoms with Gasteiger partial charge in [0.05, 0.1) is 18.4 Å². The number of carbonyl (C=O) groups is 2. The average molecular weight is 296 g/mol. The molecule has 21 heavy (non-hydrogen) atoms. The number of carbonyl (C=O) groups excluding carboxylic acids is 1. The largest absolute Gasteiger partial charge is 0.481 e. The minimum atomic E-state index is -0.865. The van der Waals surface area contributed by atoms with Gasteiger partial charge in [0, 0.05) is 0 Å². The van der Waals surface area contributed by atoms with Gasteiger partial charge < -0.3 is 9.84 Å². The van der Waals surface area contributed by atoms with Crippen LogP contribution in [0.4, 0.5) is 0 Å². The number of esters is 1. The summed E-state index contributed by atoms with van der Waals surface area (Å²) in [5, 5.41) is 9.15. The van der Waals surface area contributed by atoms with Crippen LogP contribution in [0.1, 0.15) is 64.7 Å². The van der Waals surface area contributed by atoms with Crippen molar-refractivity contribution < 1.29 is 19.4 Å². The molecule has 0 heterocycles. The van der Waals surface area contributed by atoms with E-state index < -0.39 is 17.8 Å². The van der Waals surface area contributed by atoms with E-state index in [0.717, 1.165) is 32.1 Å². The van der Waals surface area contributed by atoms with E-state index in [9.17, 15) is 9.59 Å².